The molecule has 21 heavy (non-hydrogen) atoms. The maximum atomic E-state index is 12.0. The van der Waals surface area contributed by atoms with Gasteiger partial charge >= 0.3 is 5.97 Å². The summed E-state index contributed by atoms with van der Waals surface area (Å²) in [5.41, 5.74) is 0.684. The van der Waals surface area contributed by atoms with Crippen molar-refractivity contribution in [3.63, 3.8) is 0 Å². The Hall–Kier alpha value is -2.76. The third-order valence-corrected chi connectivity index (χ3v) is 3.64. The van der Waals surface area contributed by atoms with E-state index >= 15 is 0 Å². The SMILES string of the molecule is O=C1CCC(c2nccc3c(C(=O)O)cccc23)C(=O)N1. The van der Waals surface area contributed by atoms with Gasteiger partial charge in [-0.05, 0) is 23.9 Å². The molecule has 1 aliphatic heterocycles. The highest BCUT2D eigenvalue weighted by Gasteiger charge is 2.30. The van der Waals surface area contributed by atoms with Crippen LogP contribution in [0, 0.1) is 0 Å². The maximum absolute atomic E-state index is 12.0. The van der Waals surface area contributed by atoms with E-state index in [0.717, 1.165) is 0 Å². The summed E-state index contributed by atoms with van der Waals surface area (Å²) in [4.78, 5) is 38.7. The first-order chi connectivity index (χ1) is 10.1. The van der Waals surface area contributed by atoms with E-state index in [0.29, 0.717) is 22.9 Å². The van der Waals surface area contributed by atoms with Gasteiger partial charge in [-0.15, -0.1) is 0 Å². The van der Waals surface area contributed by atoms with Crippen LogP contribution in [-0.2, 0) is 9.59 Å². The van der Waals surface area contributed by atoms with E-state index in [9.17, 15) is 19.5 Å². The average molecular weight is 284 g/mol. The number of carbonyl (C=O) groups is 3. The summed E-state index contributed by atoms with van der Waals surface area (Å²) in [5.74, 6) is -2.23. The van der Waals surface area contributed by atoms with Crippen LogP contribution in [0.2, 0.25) is 0 Å². The van der Waals surface area contributed by atoms with Gasteiger partial charge in [0.15, 0.2) is 0 Å². The monoisotopic (exact) mass is 284 g/mol. The van der Waals surface area contributed by atoms with E-state index in [2.05, 4.69) is 10.3 Å². The van der Waals surface area contributed by atoms with Crippen molar-refractivity contribution in [2.45, 2.75) is 18.8 Å². The predicted molar refractivity (Wildman–Crippen MR) is 73.8 cm³/mol. The minimum atomic E-state index is -1.03. The van der Waals surface area contributed by atoms with Crippen LogP contribution in [0.1, 0.15) is 34.8 Å². The van der Waals surface area contributed by atoms with Gasteiger partial charge in [0.1, 0.15) is 0 Å². The number of carboxylic acids is 1. The van der Waals surface area contributed by atoms with Crippen molar-refractivity contribution in [3.8, 4) is 0 Å². The Bertz CT molecular complexity index is 769. The second-order valence-corrected chi connectivity index (χ2v) is 4.91. The third kappa shape index (κ3) is 2.24. The Morgan fingerprint density at radius 3 is 2.76 bits per heavy atom. The summed E-state index contributed by atoms with van der Waals surface area (Å²) in [6, 6.07) is 6.50. The number of amides is 2. The summed E-state index contributed by atoms with van der Waals surface area (Å²) >= 11 is 0. The molecule has 1 aromatic heterocycles. The highest BCUT2D eigenvalue weighted by atomic mass is 16.4. The normalized spacial score (nSPS) is 18.6. The van der Waals surface area contributed by atoms with Crippen molar-refractivity contribution in [1.82, 2.24) is 10.3 Å². The molecule has 1 aromatic carbocycles. The molecule has 3 rings (SSSR count). The fourth-order valence-corrected chi connectivity index (χ4v) is 2.65. The molecule has 2 heterocycles. The van der Waals surface area contributed by atoms with E-state index in [1.54, 1.807) is 18.2 Å². The smallest absolute Gasteiger partial charge is 0.336 e. The van der Waals surface area contributed by atoms with E-state index in [1.807, 2.05) is 0 Å². The molecule has 106 valence electrons. The number of pyridine rings is 1. The van der Waals surface area contributed by atoms with Gasteiger partial charge in [0.2, 0.25) is 11.8 Å². The number of carbonyl (C=O) groups excluding carboxylic acids is 2. The molecule has 6 nitrogen and oxygen atoms in total. The van der Waals surface area contributed by atoms with Gasteiger partial charge in [0, 0.05) is 18.0 Å². The van der Waals surface area contributed by atoms with Crippen LogP contribution in [0.4, 0.5) is 0 Å². The lowest BCUT2D eigenvalue weighted by molar-refractivity contribution is -0.134. The predicted octanol–water partition coefficient (Wildman–Crippen LogP) is 1.45. The number of hydrogen-bond donors (Lipinski definition) is 2. The quantitative estimate of drug-likeness (QED) is 0.814. The first kappa shape index (κ1) is 13.2. The number of piperidine rings is 1. The molecule has 1 atom stereocenters. The molecular formula is C15H12N2O4. The summed E-state index contributed by atoms with van der Waals surface area (Å²) in [7, 11) is 0. The minimum Gasteiger partial charge on any atom is -0.478 e. The first-order valence-corrected chi connectivity index (χ1v) is 6.52. The van der Waals surface area contributed by atoms with Crippen molar-refractivity contribution < 1.29 is 19.5 Å². The number of nitrogens with one attached hydrogen (secondary N) is 1. The number of aromatic nitrogens is 1. The van der Waals surface area contributed by atoms with Gasteiger partial charge in [-0.2, -0.15) is 0 Å². The van der Waals surface area contributed by atoms with Crippen LogP contribution in [0.15, 0.2) is 30.5 Å². The molecule has 0 bridgehead atoms. The van der Waals surface area contributed by atoms with E-state index in [1.165, 1.54) is 12.3 Å². The number of rotatable bonds is 2. The lowest BCUT2D eigenvalue weighted by Crippen LogP contribution is -2.39. The first-order valence-electron chi connectivity index (χ1n) is 6.52. The standard InChI is InChI=1S/C15H12N2O4/c18-12-5-4-11(14(19)17-12)13-9-2-1-3-10(15(20)21)8(9)6-7-16-13/h1-3,6-7,11H,4-5H2,(H,20,21)(H,17,18,19). The molecule has 0 radical (unpaired) electrons. The number of carboxylic acid groups (broad SMARTS) is 1. The van der Waals surface area contributed by atoms with Crippen LogP contribution < -0.4 is 5.32 Å². The minimum absolute atomic E-state index is 0.170. The topological polar surface area (TPSA) is 96.4 Å². The Morgan fingerprint density at radius 1 is 1.24 bits per heavy atom. The molecule has 2 amide bonds. The summed E-state index contributed by atoms with van der Waals surface area (Å²) < 4.78 is 0. The second-order valence-electron chi connectivity index (χ2n) is 4.91. The molecule has 0 aliphatic carbocycles. The Kier molecular flexibility index (Phi) is 3.13. The fourth-order valence-electron chi connectivity index (χ4n) is 2.65. The fraction of sp³-hybridized carbons (Fsp3) is 0.200. The Labute approximate surface area is 119 Å². The van der Waals surface area contributed by atoms with Gasteiger partial charge in [-0.3, -0.25) is 19.9 Å². The molecule has 1 fully saturated rings. The molecule has 2 aromatic rings. The van der Waals surface area contributed by atoms with Crippen LogP contribution in [0.5, 0.6) is 0 Å². The molecule has 1 aliphatic rings. The number of hydrogen-bond acceptors (Lipinski definition) is 4. The average Bonchev–Trinajstić information content (AvgIpc) is 2.46. The molecule has 0 saturated carbocycles. The van der Waals surface area contributed by atoms with Gasteiger partial charge < -0.3 is 5.11 Å². The lowest BCUT2D eigenvalue weighted by Gasteiger charge is -2.21. The zero-order chi connectivity index (χ0) is 15.0. The van der Waals surface area contributed by atoms with Gasteiger partial charge in [-0.1, -0.05) is 12.1 Å². The van der Waals surface area contributed by atoms with Crippen molar-refractivity contribution in [3.05, 3.63) is 41.7 Å². The number of imide groups is 1. The van der Waals surface area contributed by atoms with Crippen LogP contribution in [-0.4, -0.2) is 27.9 Å². The lowest BCUT2D eigenvalue weighted by atomic mass is 9.90. The van der Waals surface area contributed by atoms with Gasteiger partial charge in [-0.25, -0.2) is 4.79 Å². The van der Waals surface area contributed by atoms with Crippen molar-refractivity contribution in [2.75, 3.05) is 0 Å². The number of aromatic carboxylic acids is 1. The van der Waals surface area contributed by atoms with E-state index < -0.39 is 11.9 Å². The highest BCUT2D eigenvalue weighted by Crippen LogP contribution is 2.30. The van der Waals surface area contributed by atoms with Crippen molar-refractivity contribution in [2.24, 2.45) is 0 Å². The second kappa shape index (κ2) is 4.97. The summed E-state index contributed by atoms with van der Waals surface area (Å²) in [6.07, 6.45) is 2.13. The molecule has 2 N–H and O–H groups in total. The third-order valence-electron chi connectivity index (χ3n) is 3.64. The largest absolute Gasteiger partial charge is 0.478 e. The number of nitrogens with zero attached hydrogens (tertiary/aromatic N) is 1. The van der Waals surface area contributed by atoms with Gasteiger partial charge in [0.05, 0.1) is 17.2 Å². The maximum Gasteiger partial charge on any atom is 0.336 e. The number of benzene rings is 1. The van der Waals surface area contributed by atoms with Crippen LogP contribution >= 0.6 is 0 Å². The molecule has 1 unspecified atom stereocenters. The zero-order valence-electron chi connectivity index (χ0n) is 11.0. The van der Waals surface area contributed by atoms with E-state index in [4.69, 9.17) is 0 Å². The Morgan fingerprint density at radius 2 is 2.05 bits per heavy atom. The van der Waals surface area contributed by atoms with Crippen LogP contribution in [0.25, 0.3) is 10.8 Å². The zero-order valence-corrected chi connectivity index (χ0v) is 11.0. The highest BCUT2D eigenvalue weighted by molar-refractivity contribution is 6.06. The molecule has 1 saturated heterocycles. The molecular weight excluding hydrogens is 272 g/mol. The van der Waals surface area contributed by atoms with E-state index in [-0.39, 0.29) is 23.8 Å². The van der Waals surface area contributed by atoms with Crippen LogP contribution in [0.3, 0.4) is 0 Å². The molecule has 0 spiro atoms. The van der Waals surface area contributed by atoms with Crippen molar-refractivity contribution in [1.29, 1.82) is 0 Å². The summed E-state index contributed by atoms with van der Waals surface area (Å²) in [6.45, 7) is 0. The Balaban J connectivity index is 2.16. The number of fused-ring (bicyclic) bond motifs is 1. The van der Waals surface area contributed by atoms with Gasteiger partial charge in [0.25, 0.3) is 0 Å². The summed E-state index contributed by atoms with van der Waals surface area (Å²) in [5, 5.41) is 12.7. The molecule has 6 heteroatoms. The van der Waals surface area contributed by atoms with Crippen molar-refractivity contribution >= 4 is 28.6 Å².